The van der Waals surface area contributed by atoms with Crippen LogP contribution >= 0.6 is 0 Å². The lowest BCUT2D eigenvalue weighted by Crippen LogP contribution is -2.24. The molecule has 0 radical (unpaired) electrons. The highest BCUT2D eigenvalue weighted by Crippen LogP contribution is 2.23. The molecule has 0 aliphatic heterocycles. The van der Waals surface area contributed by atoms with Crippen LogP contribution in [-0.2, 0) is 11.3 Å². The van der Waals surface area contributed by atoms with E-state index in [2.05, 4.69) is 25.3 Å². The fraction of sp³-hybridized carbons (Fsp3) is 0.368. The Morgan fingerprint density at radius 3 is 2.57 bits per heavy atom. The number of rotatable bonds is 9. The minimum absolute atomic E-state index is 0.0136. The van der Waals surface area contributed by atoms with E-state index >= 15 is 0 Å². The van der Waals surface area contributed by atoms with E-state index in [0.717, 1.165) is 0 Å². The normalized spacial score (nSPS) is 11.0. The van der Waals surface area contributed by atoms with Gasteiger partial charge in [-0.25, -0.2) is 4.98 Å². The smallest absolute Gasteiger partial charge is 0.422 e. The molecule has 8 nitrogen and oxygen atoms in total. The van der Waals surface area contributed by atoms with Crippen LogP contribution in [0.4, 0.5) is 19.0 Å². The number of carbonyl (C=O) groups is 2. The number of hydrogen-bond acceptors (Lipinski definition) is 6. The van der Waals surface area contributed by atoms with Gasteiger partial charge in [0.25, 0.3) is 5.91 Å². The van der Waals surface area contributed by atoms with Crippen LogP contribution in [0.15, 0.2) is 30.5 Å². The second-order valence-corrected chi connectivity index (χ2v) is 5.96. The molecular weight excluding hydrogens is 405 g/mol. The zero-order chi connectivity index (χ0) is 22.1. The molecule has 0 unspecified atom stereocenters. The van der Waals surface area contributed by atoms with Gasteiger partial charge in [-0.3, -0.25) is 9.59 Å². The second kappa shape index (κ2) is 10.4. The standard InChI is InChI=1S/C19H21F3N4O4/c1-3-15(27)25-14-9-12(7-8-23-14)17(28)24-10-13-5-6-16(26-18(13)29-4-2)30-11-19(20,21)22/h5-9H,3-4,10-11H2,1-2H3,(H,24,28)(H,23,25,27). The Morgan fingerprint density at radius 1 is 1.13 bits per heavy atom. The van der Waals surface area contributed by atoms with Gasteiger partial charge in [-0.15, -0.1) is 0 Å². The molecule has 0 aliphatic carbocycles. The van der Waals surface area contributed by atoms with Crippen molar-refractivity contribution in [2.75, 3.05) is 18.5 Å². The molecular formula is C19H21F3N4O4. The summed E-state index contributed by atoms with van der Waals surface area (Å²) in [4.78, 5) is 31.8. The summed E-state index contributed by atoms with van der Waals surface area (Å²) in [5.41, 5.74) is 0.727. The van der Waals surface area contributed by atoms with Crippen molar-refractivity contribution in [2.24, 2.45) is 0 Å². The third-order valence-electron chi connectivity index (χ3n) is 3.63. The molecule has 0 saturated heterocycles. The quantitative estimate of drug-likeness (QED) is 0.639. The maximum atomic E-state index is 12.4. The highest BCUT2D eigenvalue weighted by Gasteiger charge is 2.28. The van der Waals surface area contributed by atoms with Gasteiger partial charge >= 0.3 is 6.18 Å². The van der Waals surface area contributed by atoms with Crippen molar-refractivity contribution in [3.05, 3.63) is 41.6 Å². The minimum Gasteiger partial charge on any atom is -0.478 e. The fourth-order valence-corrected chi connectivity index (χ4v) is 2.23. The van der Waals surface area contributed by atoms with Crippen LogP contribution in [0.5, 0.6) is 11.8 Å². The molecule has 30 heavy (non-hydrogen) atoms. The van der Waals surface area contributed by atoms with Crippen LogP contribution in [0.1, 0.15) is 36.2 Å². The van der Waals surface area contributed by atoms with Crippen LogP contribution in [0, 0.1) is 0 Å². The van der Waals surface area contributed by atoms with Crippen LogP contribution in [0.25, 0.3) is 0 Å². The van der Waals surface area contributed by atoms with E-state index in [-0.39, 0.29) is 48.6 Å². The van der Waals surface area contributed by atoms with Crippen molar-refractivity contribution < 1.29 is 32.2 Å². The topological polar surface area (TPSA) is 102 Å². The molecule has 2 amide bonds. The van der Waals surface area contributed by atoms with Crippen LogP contribution in [-0.4, -0.2) is 41.2 Å². The number of aromatic nitrogens is 2. The van der Waals surface area contributed by atoms with Gasteiger partial charge in [0.05, 0.1) is 6.61 Å². The molecule has 0 saturated carbocycles. The monoisotopic (exact) mass is 426 g/mol. The highest BCUT2D eigenvalue weighted by atomic mass is 19.4. The molecule has 0 aromatic carbocycles. The molecule has 0 atom stereocenters. The molecule has 0 bridgehead atoms. The van der Waals surface area contributed by atoms with E-state index in [1.807, 2.05) is 0 Å². The zero-order valence-electron chi connectivity index (χ0n) is 16.4. The number of nitrogens with one attached hydrogen (secondary N) is 2. The summed E-state index contributed by atoms with van der Waals surface area (Å²) < 4.78 is 46.9. The summed E-state index contributed by atoms with van der Waals surface area (Å²) in [6, 6.07) is 5.63. The van der Waals surface area contributed by atoms with E-state index in [4.69, 9.17) is 4.74 Å². The van der Waals surface area contributed by atoms with Crippen molar-refractivity contribution in [3.8, 4) is 11.8 Å². The summed E-state index contributed by atoms with van der Waals surface area (Å²) in [6.45, 7) is 2.15. The molecule has 2 aromatic rings. The lowest BCUT2D eigenvalue weighted by molar-refractivity contribution is -0.154. The minimum atomic E-state index is -4.49. The van der Waals surface area contributed by atoms with Crippen LogP contribution in [0.3, 0.4) is 0 Å². The van der Waals surface area contributed by atoms with Crippen molar-refractivity contribution in [1.29, 1.82) is 0 Å². The fourth-order valence-electron chi connectivity index (χ4n) is 2.23. The van der Waals surface area contributed by atoms with Crippen molar-refractivity contribution in [2.45, 2.75) is 33.0 Å². The Hall–Kier alpha value is -3.37. The number of ether oxygens (including phenoxy) is 2. The molecule has 0 spiro atoms. The number of alkyl halides is 3. The molecule has 2 aromatic heterocycles. The number of hydrogen-bond donors (Lipinski definition) is 2. The number of anilines is 1. The Kier molecular flexibility index (Phi) is 7.96. The summed E-state index contributed by atoms with van der Waals surface area (Å²) in [6.07, 6.45) is -2.83. The first-order chi connectivity index (χ1) is 14.2. The average Bonchev–Trinajstić information content (AvgIpc) is 2.71. The number of amides is 2. The van der Waals surface area contributed by atoms with E-state index < -0.39 is 18.7 Å². The van der Waals surface area contributed by atoms with Crippen molar-refractivity contribution in [3.63, 3.8) is 0 Å². The summed E-state index contributed by atoms with van der Waals surface area (Å²) in [5, 5.41) is 5.23. The van der Waals surface area contributed by atoms with Crippen molar-refractivity contribution >= 4 is 17.6 Å². The third-order valence-corrected chi connectivity index (χ3v) is 3.63. The number of pyridine rings is 2. The molecule has 0 fully saturated rings. The molecule has 2 heterocycles. The number of halogens is 3. The maximum absolute atomic E-state index is 12.4. The van der Waals surface area contributed by atoms with Gasteiger partial charge in [0, 0.05) is 36.4 Å². The Balaban J connectivity index is 2.06. The third kappa shape index (κ3) is 7.22. The summed E-state index contributed by atoms with van der Waals surface area (Å²) in [7, 11) is 0. The lowest BCUT2D eigenvalue weighted by atomic mass is 10.2. The SMILES string of the molecule is CCOc1nc(OCC(F)(F)F)ccc1CNC(=O)c1ccnc(NC(=O)CC)c1. The van der Waals surface area contributed by atoms with Gasteiger partial charge in [-0.05, 0) is 25.1 Å². The predicted molar refractivity (Wildman–Crippen MR) is 101 cm³/mol. The van der Waals surface area contributed by atoms with Crippen LogP contribution in [0.2, 0.25) is 0 Å². The van der Waals surface area contributed by atoms with E-state index in [9.17, 15) is 22.8 Å². The molecule has 11 heteroatoms. The van der Waals surface area contributed by atoms with Gasteiger partial charge in [0.1, 0.15) is 5.82 Å². The van der Waals surface area contributed by atoms with E-state index in [1.54, 1.807) is 13.8 Å². The number of nitrogens with zero attached hydrogens (tertiary/aromatic N) is 2. The summed E-state index contributed by atoms with van der Waals surface area (Å²) >= 11 is 0. The molecule has 2 N–H and O–H groups in total. The van der Waals surface area contributed by atoms with Gasteiger partial charge in [-0.2, -0.15) is 18.2 Å². The Morgan fingerprint density at radius 2 is 1.90 bits per heavy atom. The van der Waals surface area contributed by atoms with Crippen molar-refractivity contribution in [1.82, 2.24) is 15.3 Å². The van der Waals surface area contributed by atoms with E-state index in [1.165, 1.54) is 30.5 Å². The molecule has 2 rings (SSSR count). The lowest BCUT2D eigenvalue weighted by Gasteiger charge is -2.13. The summed E-state index contributed by atoms with van der Waals surface area (Å²) in [5.74, 6) is -0.610. The zero-order valence-corrected chi connectivity index (χ0v) is 16.4. The van der Waals surface area contributed by atoms with Gasteiger partial charge in [0.2, 0.25) is 17.7 Å². The van der Waals surface area contributed by atoms with E-state index in [0.29, 0.717) is 5.56 Å². The first-order valence-electron chi connectivity index (χ1n) is 9.08. The van der Waals surface area contributed by atoms with Gasteiger partial charge < -0.3 is 20.1 Å². The Labute approximate surface area is 170 Å². The van der Waals surface area contributed by atoms with Gasteiger partial charge in [0.15, 0.2) is 6.61 Å². The largest absolute Gasteiger partial charge is 0.478 e. The Bertz CT molecular complexity index is 890. The van der Waals surface area contributed by atoms with Crippen LogP contribution < -0.4 is 20.1 Å². The molecule has 162 valence electrons. The average molecular weight is 426 g/mol. The first-order valence-corrected chi connectivity index (χ1v) is 9.08. The molecule has 0 aliphatic rings. The first kappa shape index (κ1) is 22.9. The highest BCUT2D eigenvalue weighted by molar-refractivity contribution is 5.96. The maximum Gasteiger partial charge on any atom is 0.422 e. The second-order valence-electron chi connectivity index (χ2n) is 5.96. The number of carbonyl (C=O) groups excluding carboxylic acids is 2. The predicted octanol–water partition coefficient (Wildman–Crippen LogP) is 3.09. The van der Waals surface area contributed by atoms with Gasteiger partial charge in [-0.1, -0.05) is 6.92 Å².